The summed E-state index contributed by atoms with van der Waals surface area (Å²) >= 11 is 0. The molecule has 3 heteroatoms. The summed E-state index contributed by atoms with van der Waals surface area (Å²) in [4.78, 5) is 2.42. The predicted molar refractivity (Wildman–Crippen MR) is 80.0 cm³/mol. The van der Waals surface area contributed by atoms with Gasteiger partial charge in [-0.05, 0) is 50.8 Å². The SMILES string of the molecule is CC1CCCCN1Cc1cc(CNC2CC2)ccc1F. The highest BCUT2D eigenvalue weighted by Gasteiger charge is 2.21. The Labute approximate surface area is 121 Å². The summed E-state index contributed by atoms with van der Waals surface area (Å²) in [7, 11) is 0. The standard InChI is InChI=1S/C17H25FN2/c1-13-4-2-3-9-20(13)12-15-10-14(5-8-17(15)18)11-19-16-6-7-16/h5,8,10,13,16,19H,2-4,6-7,9,11-12H2,1H3. The first-order chi connectivity index (χ1) is 9.72. The van der Waals surface area contributed by atoms with E-state index in [1.807, 2.05) is 12.1 Å². The third kappa shape index (κ3) is 3.58. The first-order valence-corrected chi connectivity index (χ1v) is 7.97. The maximum absolute atomic E-state index is 14.0. The predicted octanol–water partition coefficient (Wildman–Crippen LogP) is 3.45. The molecule has 3 rings (SSSR count). The number of hydrogen-bond acceptors (Lipinski definition) is 2. The van der Waals surface area contributed by atoms with Crippen LogP contribution in [0.2, 0.25) is 0 Å². The van der Waals surface area contributed by atoms with Crippen molar-refractivity contribution in [2.45, 2.75) is 64.2 Å². The topological polar surface area (TPSA) is 15.3 Å². The van der Waals surface area contributed by atoms with E-state index in [1.54, 1.807) is 6.07 Å². The largest absolute Gasteiger partial charge is 0.310 e. The highest BCUT2D eigenvalue weighted by Crippen LogP contribution is 2.22. The molecule has 1 aliphatic heterocycles. The molecule has 1 aromatic carbocycles. The van der Waals surface area contributed by atoms with Crippen LogP contribution < -0.4 is 5.32 Å². The Hall–Kier alpha value is -0.930. The second-order valence-corrected chi connectivity index (χ2v) is 6.40. The van der Waals surface area contributed by atoms with E-state index in [0.29, 0.717) is 12.1 Å². The highest BCUT2D eigenvalue weighted by molar-refractivity contribution is 5.25. The van der Waals surface area contributed by atoms with Crippen molar-refractivity contribution >= 4 is 0 Å². The van der Waals surface area contributed by atoms with E-state index in [4.69, 9.17) is 0 Å². The monoisotopic (exact) mass is 276 g/mol. The lowest BCUT2D eigenvalue weighted by atomic mass is 10.0. The van der Waals surface area contributed by atoms with Gasteiger partial charge in [-0.15, -0.1) is 0 Å². The van der Waals surface area contributed by atoms with Crippen LogP contribution in [-0.4, -0.2) is 23.5 Å². The molecule has 20 heavy (non-hydrogen) atoms. The average Bonchev–Trinajstić information content (AvgIpc) is 3.26. The Balaban J connectivity index is 1.65. The van der Waals surface area contributed by atoms with E-state index in [1.165, 1.54) is 37.7 Å². The zero-order valence-electron chi connectivity index (χ0n) is 12.4. The first-order valence-electron chi connectivity index (χ1n) is 7.97. The minimum atomic E-state index is -0.0575. The molecule has 1 saturated heterocycles. The molecule has 0 bridgehead atoms. The lowest BCUT2D eigenvalue weighted by Crippen LogP contribution is -2.37. The first kappa shape index (κ1) is 14.0. The van der Waals surface area contributed by atoms with Gasteiger partial charge in [-0.1, -0.05) is 18.6 Å². The van der Waals surface area contributed by atoms with Gasteiger partial charge in [-0.2, -0.15) is 0 Å². The van der Waals surface area contributed by atoms with E-state index in [0.717, 1.165) is 25.2 Å². The molecule has 1 unspecified atom stereocenters. The molecule has 2 nitrogen and oxygen atoms in total. The zero-order valence-corrected chi connectivity index (χ0v) is 12.4. The smallest absolute Gasteiger partial charge is 0.127 e. The normalized spacial score (nSPS) is 24.0. The number of rotatable bonds is 5. The van der Waals surface area contributed by atoms with Gasteiger partial charge in [0.05, 0.1) is 0 Å². The van der Waals surface area contributed by atoms with Crippen molar-refractivity contribution in [1.29, 1.82) is 0 Å². The van der Waals surface area contributed by atoms with Crippen molar-refractivity contribution in [1.82, 2.24) is 10.2 Å². The van der Waals surface area contributed by atoms with Crippen LogP contribution in [0.4, 0.5) is 4.39 Å². The number of hydrogen-bond donors (Lipinski definition) is 1. The van der Waals surface area contributed by atoms with Gasteiger partial charge in [-0.25, -0.2) is 4.39 Å². The van der Waals surface area contributed by atoms with Gasteiger partial charge in [0.1, 0.15) is 5.82 Å². The molecular formula is C17H25FN2. The fourth-order valence-electron chi connectivity index (χ4n) is 3.02. The van der Waals surface area contributed by atoms with E-state index in [-0.39, 0.29) is 5.82 Å². The average molecular weight is 276 g/mol. The van der Waals surface area contributed by atoms with Gasteiger partial charge in [0.25, 0.3) is 0 Å². The summed E-state index contributed by atoms with van der Waals surface area (Å²) in [5, 5.41) is 3.50. The lowest BCUT2D eigenvalue weighted by molar-refractivity contribution is 0.151. The van der Waals surface area contributed by atoms with Gasteiger partial charge >= 0.3 is 0 Å². The second kappa shape index (κ2) is 6.23. The van der Waals surface area contributed by atoms with Gasteiger partial charge in [-0.3, -0.25) is 4.90 Å². The minimum Gasteiger partial charge on any atom is -0.310 e. The van der Waals surface area contributed by atoms with Crippen molar-refractivity contribution in [3.05, 3.63) is 35.1 Å². The fourth-order valence-corrected chi connectivity index (χ4v) is 3.02. The zero-order chi connectivity index (χ0) is 13.9. The van der Waals surface area contributed by atoms with Gasteiger partial charge < -0.3 is 5.32 Å². The van der Waals surface area contributed by atoms with Crippen molar-refractivity contribution < 1.29 is 4.39 Å². The fraction of sp³-hybridized carbons (Fsp3) is 0.647. The van der Waals surface area contributed by atoms with E-state index in [9.17, 15) is 4.39 Å². The van der Waals surface area contributed by atoms with Gasteiger partial charge in [0.2, 0.25) is 0 Å². The summed E-state index contributed by atoms with van der Waals surface area (Å²) in [6.45, 7) is 4.98. The van der Waals surface area contributed by atoms with Gasteiger partial charge in [0, 0.05) is 30.7 Å². The molecule has 0 amide bonds. The second-order valence-electron chi connectivity index (χ2n) is 6.40. The third-order valence-corrected chi connectivity index (χ3v) is 4.60. The summed E-state index contributed by atoms with van der Waals surface area (Å²) in [5.74, 6) is -0.0575. The Kier molecular flexibility index (Phi) is 4.37. The highest BCUT2D eigenvalue weighted by atomic mass is 19.1. The molecule has 0 spiro atoms. The number of nitrogens with one attached hydrogen (secondary N) is 1. The van der Waals surface area contributed by atoms with Gasteiger partial charge in [0.15, 0.2) is 0 Å². The minimum absolute atomic E-state index is 0.0575. The molecule has 1 aromatic rings. The van der Waals surface area contributed by atoms with Crippen LogP contribution in [-0.2, 0) is 13.1 Å². The summed E-state index contributed by atoms with van der Waals surface area (Å²) in [6.07, 6.45) is 6.38. The van der Waals surface area contributed by atoms with Crippen LogP contribution >= 0.6 is 0 Å². The number of likely N-dealkylation sites (tertiary alicyclic amines) is 1. The molecule has 110 valence electrons. The Morgan fingerprint density at radius 2 is 2.10 bits per heavy atom. The summed E-state index contributed by atoms with van der Waals surface area (Å²) < 4.78 is 14.0. The number of benzene rings is 1. The van der Waals surface area contributed by atoms with Crippen LogP contribution in [0.25, 0.3) is 0 Å². The summed E-state index contributed by atoms with van der Waals surface area (Å²) in [6, 6.07) is 6.87. The van der Waals surface area contributed by atoms with Crippen LogP contribution in [0, 0.1) is 5.82 Å². The summed E-state index contributed by atoms with van der Waals surface area (Å²) in [5.41, 5.74) is 2.06. The molecule has 1 atom stereocenters. The quantitative estimate of drug-likeness (QED) is 0.886. The van der Waals surface area contributed by atoms with E-state index >= 15 is 0 Å². The number of piperidine rings is 1. The van der Waals surface area contributed by atoms with Crippen LogP contribution in [0.5, 0.6) is 0 Å². The Bertz CT molecular complexity index is 456. The van der Waals surface area contributed by atoms with Crippen LogP contribution in [0.1, 0.15) is 50.2 Å². The van der Waals surface area contributed by atoms with Crippen LogP contribution in [0.3, 0.4) is 0 Å². The Morgan fingerprint density at radius 1 is 1.25 bits per heavy atom. The molecule has 0 radical (unpaired) electrons. The van der Waals surface area contributed by atoms with Crippen molar-refractivity contribution in [3.63, 3.8) is 0 Å². The van der Waals surface area contributed by atoms with Crippen LogP contribution in [0.15, 0.2) is 18.2 Å². The maximum Gasteiger partial charge on any atom is 0.127 e. The molecule has 1 saturated carbocycles. The van der Waals surface area contributed by atoms with Crippen molar-refractivity contribution in [2.75, 3.05) is 6.54 Å². The van der Waals surface area contributed by atoms with E-state index in [2.05, 4.69) is 17.1 Å². The molecular weight excluding hydrogens is 251 g/mol. The van der Waals surface area contributed by atoms with E-state index < -0.39 is 0 Å². The van der Waals surface area contributed by atoms with Crippen molar-refractivity contribution in [2.24, 2.45) is 0 Å². The molecule has 0 aromatic heterocycles. The molecule has 1 N–H and O–H groups in total. The number of halogens is 1. The van der Waals surface area contributed by atoms with Crippen molar-refractivity contribution in [3.8, 4) is 0 Å². The third-order valence-electron chi connectivity index (χ3n) is 4.60. The molecule has 1 aliphatic carbocycles. The maximum atomic E-state index is 14.0. The Morgan fingerprint density at radius 3 is 2.85 bits per heavy atom. The molecule has 1 heterocycles. The lowest BCUT2D eigenvalue weighted by Gasteiger charge is -2.33. The molecule has 2 aliphatic rings. The molecule has 2 fully saturated rings. The number of nitrogens with zero attached hydrogens (tertiary/aromatic N) is 1.